The second-order valence-electron chi connectivity index (χ2n) is 6.31. The third-order valence-corrected chi connectivity index (χ3v) is 3.63. The normalized spacial score (nSPS) is 10.9. The second-order valence-corrected chi connectivity index (χ2v) is 6.31. The van der Waals surface area contributed by atoms with Gasteiger partial charge in [0.25, 0.3) is 0 Å². The number of aliphatic carboxylic acids is 1. The predicted molar refractivity (Wildman–Crippen MR) is 105 cm³/mol. The molecule has 0 saturated carbocycles. The van der Waals surface area contributed by atoms with E-state index in [9.17, 15) is 9.59 Å². The van der Waals surface area contributed by atoms with E-state index in [4.69, 9.17) is 15.9 Å². The average molecular weight is 371 g/mol. The number of carboxylic acid groups (broad SMARTS) is 1. The molecule has 0 saturated heterocycles. The number of carbonyl (C=O) groups excluding carboxylic acids is 1. The van der Waals surface area contributed by atoms with E-state index < -0.39 is 5.97 Å². The first-order valence-corrected chi connectivity index (χ1v) is 9.19. The molecule has 0 spiro atoms. The van der Waals surface area contributed by atoms with Crippen molar-refractivity contribution in [2.75, 3.05) is 20.1 Å². The first-order valence-electron chi connectivity index (χ1n) is 9.19. The molecule has 1 unspecified atom stereocenters. The topological polar surface area (TPSA) is 104 Å². The average Bonchev–Trinajstić information content (AvgIpc) is 2.52. The fourth-order valence-electron chi connectivity index (χ4n) is 2.07. The summed E-state index contributed by atoms with van der Waals surface area (Å²) < 4.78 is 0. The third kappa shape index (κ3) is 26.2. The van der Waals surface area contributed by atoms with E-state index in [2.05, 4.69) is 6.92 Å². The summed E-state index contributed by atoms with van der Waals surface area (Å²) in [4.78, 5) is 23.3. The van der Waals surface area contributed by atoms with Crippen molar-refractivity contribution in [2.24, 2.45) is 5.73 Å². The number of hydrogen-bond acceptors (Lipinski definition) is 4. The van der Waals surface area contributed by atoms with Gasteiger partial charge in [0.05, 0.1) is 6.10 Å². The molecule has 0 aromatic rings. The van der Waals surface area contributed by atoms with Gasteiger partial charge in [-0.15, -0.1) is 0 Å². The summed E-state index contributed by atoms with van der Waals surface area (Å²) in [6.07, 6.45) is 11.1. The summed E-state index contributed by atoms with van der Waals surface area (Å²) in [5, 5.41) is 16.8. The number of nitrogens with two attached hydrogens (primary N) is 1. The quantitative estimate of drug-likeness (QED) is 0.340. The molecular weight excluding hydrogens is 331 g/mol. The Morgan fingerprint density at radius 2 is 1.40 bits per heavy atom. The molecule has 6 nitrogen and oxygen atoms in total. The van der Waals surface area contributed by atoms with Gasteiger partial charge in [0.2, 0.25) is 5.91 Å². The molecule has 0 fully saturated rings. The standard InChI is InChI=1S/C15H29NO3.C3H9NO.Na.H/c1-3-4-5-6-7-8-9-10-11-12-14(17)16(2)13-15(18)19;1-3(5)2-4;;/h3-13H2,1-2H3,(H,18,19);3,5H,2,4H2,1H3;;. The Kier molecular flexibility index (Phi) is 25.9. The molecular formula is C18H39N2NaO4. The summed E-state index contributed by atoms with van der Waals surface area (Å²) in [5.41, 5.74) is 4.92. The Morgan fingerprint density at radius 3 is 1.76 bits per heavy atom. The number of carboxylic acids is 1. The SMILES string of the molecule is CC(O)CN.CCCCCCCCCCCC(=O)N(C)CC(=O)O.[NaH]. The van der Waals surface area contributed by atoms with Crippen molar-refractivity contribution < 1.29 is 19.8 Å². The molecule has 0 aliphatic heterocycles. The number of unbranched alkanes of at least 4 members (excludes halogenated alkanes) is 8. The van der Waals surface area contributed by atoms with Crippen LogP contribution >= 0.6 is 0 Å². The van der Waals surface area contributed by atoms with Crippen LogP contribution in [-0.4, -0.2) is 82.8 Å². The van der Waals surface area contributed by atoms with E-state index in [0.717, 1.165) is 12.8 Å². The van der Waals surface area contributed by atoms with Crippen LogP contribution in [0, 0.1) is 0 Å². The minimum absolute atomic E-state index is 0. The van der Waals surface area contributed by atoms with Crippen molar-refractivity contribution in [3.63, 3.8) is 0 Å². The van der Waals surface area contributed by atoms with Gasteiger partial charge in [0, 0.05) is 20.0 Å². The van der Waals surface area contributed by atoms with E-state index >= 15 is 0 Å². The van der Waals surface area contributed by atoms with Gasteiger partial charge < -0.3 is 20.8 Å². The molecule has 146 valence electrons. The molecule has 0 aromatic heterocycles. The van der Waals surface area contributed by atoms with E-state index in [1.807, 2.05) is 0 Å². The number of nitrogens with zero attached hydrogens (tertiary/aromatic N) is 1. The molecule has 7 heteroatoms. The van der Waals surface area contributed by atoms with Crippen LogP contribution in [0.15, 0.2) is 0 Å². The Morgan fingerprint density at radius 1 is 1.00 bits per heavy atom. The molecule has 1 amide bonds. The second kappa shape index (κ2) is 21.9. The zero-order valence-electron chi connectivity index (χ0n) is 15.8. The zero-order valence-corrected chi connectivity index (χ0v) is 15.8. The molecule has 25 heavy (non-hydrogen) atoms. The van der Waals surface area contributed by atoms with E-state index in [1.54, 1.807) is 14.0 Å². The van der Waals surface area contributed by atoms with Crippen LogP contribution in [0.2, 0.25) is 0 Å². The van der Waals surface area contributed by atoms with Crippen LogP contribution in [-0.2, 0) is 9.59 Å². The van der Waals surface area contributed by atoms with Crippen molar-refractivity contribution in [2.45, 2.75) is 84.2 Å². The van der Waals surface area contributed by atoms with E-state index in [-0.39, 0.29) is 48.1 Å². The first-order chi connectivity index (χ1) is 11.3. The van der Waals surface area contributed by atoms with Gasteiger partial charge in [0.15, 0.2) is 0 Å². The molecule has 1 atom stereocenters. The fourth-order valence-corrected chi connectivity index (χ4v) is 2.07. The van der Waals surface area contributed by atoms with Crippen molar-refractivity contribution in [3.05, 3.63) is 0 Å². The molecule has 0 heterocycles. The van der Waals surface area contributed by atoms with Gasteiger partial charge >= 0.3 is 35.5 Å². The van der Waals surface area contributed by atoms with Crippen molar-refractivity contribution in [1.29, 1.82) is 0 Å². The zero-order chi connectivity index (χ0) is 18.8. The van der Waals surface area contributed by atoms with Crippen LogP contribution in [0.4, 0.5) is 0 Å². The van der Waals surface area contributed by atoms with Crippen molar-refractivity contribution in [3.8, 4) is 0 Å². The molecule has 0 rings (SSSR count). The van der Waals surface area contributed by atoms with Gasteiger partial charge in [-0.25, -0.2) is 0 Å². The number of rotatable bonds is 13. The Balaban J connectivity index is -0.000000704. The van der Waals surface area contributed by atoms with Gasteiger partial charge in [-0.1, -0.05) is 58.3 Å². The molecule has 0 bridgehead atoms. The fraction of sp³-hybridized carbons (Fsp3) is 0.889. The third-order valence-electron chi connectivity index (χ3n) is 3.63. The van der Waals surface area contributed by atoms with Crippen LogP contribution < -0.4 is 5.73 Å². The van der Waals surface area contributed by atoms with E-state index in [0.29, 0.717) is 13.0 Å². The molecule has 0 aliphatic rings. The molecule has 0 aromatic carbocycles. The van der Waals surface area contributed by atoms with Gasteiger partial charge in [-0.05, 0) is 13.3 Å². The Labute approximate surface area is 175 Å². The summed E-state index contributed by atoms with van der Waals surface area (Å²) in [7, 11) is 1.55. The Hall–Kier alpha value is -0.140. The van der Waals surface area contributed by atoms with Crippen molar-refractivity contribution >= 4 is 41.4 Å². The number of amides is 1. The van der Waals surface area contributed by atoms with Gasteiger partial charge in [-0.3, -0.25) is 9.59 Å². The molecule has 4 N–H and O–H groups in total. The number of aliphatic hydroxyl groups excluding tert-OH is 1. The van der Waals surface area contributed by atoms with Crippen molar-refractivity contribution in [1.82, 2.24) is 4.90 Å². The van der Waals surface area contributed by atoms with Crippen LogP contribution in [0.25, 0.3) is 0 Å². The summed E-state index contributed by atoms with van der Waals surface area (Å²) >= 11 is 0. The predicted octanol–water partition coefficient (Wildman–Crippen LogP) is 2.13. The van der Waals surface area contributed by atoms with Crippen LogP contribution in [0.5, 0.6) is 0 Å². The van der Waals surface area contributed by atoms with Crippen LogP contribution in [0.3, 0.4) is 0 Å². The number of carbonyl (C=O) groups is 2. The summed E-state index contributed by atoms with van der Waals surface area (Å²) in [6.45, 7) is 4.04. The Bertz CT molecular complexity index is 315. The number of likely N-dealkylation sites (N-methyl/N-ethyl adjacent to an activating group) is 1. The number of aliphatic hydroxyl groups is 1. The maximum atomic E-state index is 11.5. The molecule has 0 radical (unpaired) electrons. The monoisotopic (exact) mass is 370 g/mol. The number of hydrogen-bond donors (Lipinski definition) is 3. The summed E-state index contributed by atoms with van der Waals surface area (Å²) in [5.74, 6) is -1.02. The maximum absolute atomic E-state index is 11.5. The van der Waals surface area contributed by atoms with Crippen LogP contribution in [0.1, 0.15) is 78.1 Å². The first kappa shape index (κ1) is 29.6. The van der Waals surface area contributed by atoms with Gasteiger partial charge in [-0.2, -0.15) is 0 Å². The minimum atomic E-state index is -0.956. The van der Waals surface area contributed by atoms with Gasteiger partial charge in [0.1, 0.15) is 6.54 Å². The molecule has 0 aliphatic carbocycles. The summed E-state index contributed by atoms with van der Waals surface area (Å²) in [6, 6.07) is 0. The van der Waals surface area contributed by atoms with E-state index in [1.165, 1.54) is 49.8 Å².